The molecule has 0 bridgehead atoms. The van der Waals surface area contributed by atoms with Crippen LogP contribution in [-0.4, -0.2) is 16.1 Å². The molecule has 0 unspecified atom stereocenters. The van der Waals surface area contributed by atoms with Crippen LogP contribution in [0.15, 0.2) is 18.0 Å². The van der Waals surface area contributed by atoms with Gasteiger partial charge in [-0.05, 0) is 6.08 Å². The summed E-state index contributed by atoms with van der Waals surface area (Å²) in [5, 5.41) is 14.6. The summed E-state index contributed by atoms with van der Waals surface area (Å²) in [5.41, 5.74) is 5.46. The van der Waals surface area contributed by atoms with Crippen molar-refractivity contribution in [2.45, 2.75) is 0 Å². The molecule has 5 heteroatoms. The highest BCUT2D eigenvalue weighted by atomic mass is 16.1. The Labute approximate surface area is 68.5 Å². The van der Waals surface area contributed by atoms with E-state index in [2.05, 4.69) is 10.2 Å². The minimum atomic E-state index is -0.737. The number of primary amides is 1. The van der Waals surface area contributed by atoms with Gasteiger partial charge in [0.2, 0.25) is 0 Å². The number of H-pyrrole nitrogens is 1. The van der Waals surface area contributed by atoms with Gasteiger partial charge in [0.25, 0.3) is 5.91 Å². The average molecular weight is 162 g/mol. The Morgan fingerprint density at radius 2 is 2.58 bits per heavy atom. The van der Waals surface area contributed by atoms with Crippen molar-refractivity contribution in [2.75, 3.05) is 0 Å². The van der Waals surface area contributed by atoms with Crippen molar-refractivity contribution in [3.63, 3.8) is 0 Å². The molecule has 1 heterocycles. The molecule has 0 aliphatic carbocycles. The van der Waals surface area contributed by atoms with Crippen LogP contribution in [0.1, 0.15) is 5.56 Å². The predicted molar refractivity (Wildman–Crippen MR) is 41.4 cm³/mol. The zero-order valence-corrected chi connectivity index (χ0v) is 6.11. The third kappa shape index (κ3) is 1.70. The largest absolute Gasteiger partial charge is 0.365 e. The molecule has 0 fully saturated rings. The Morgan fingerprint density at radius 3 is 3.00 bits per heavy atom. The van der Waals surface area contributed by atoms with Crippen molar-refractivity contribution in [3.05, 3.63) is 23.5 Å². The smallest absolute Gasteiger partial charge is 0.259 e. The Bertz CT molecular complexity index is 344. The van der Waals surface area contributed by atoms with Gasteiger partial charge in [0.1, 0.15) is 11.6 Å². The number of rotatable bonds is 2. The van der Waals surface area contributed by atoms with Crippen LogP contribution in [0.5, 0.6) is 0 Å². The zero-order valence-electron chi connectivity index (χ0n) is 6.11. The normalized spacial score (nSPS) is 10.8. The van der Waals surface area contributed by atoms with Crippen molar-refractivity contribution < 1.29 is 4.79 Å². The summed E-state index contributed by atoms with van der Waals surface area (Å²) < 4.78 is 0. The van der Waals surface area contributed by atoms with Crippen molar-refractivity contribution in [1.29, 1.82) is 5.26 Å². The second-order valence-electron chi connectivity index (χ2n) is 2.07. The van der Waals surface area contributed by atoms with Gasteiger partial charge in [-0.15, -0.1) is 0 Å². The molecule has 0 radical (unpaired) electrons. The standard InChI is InChI=1S/C7H6N4O/c8-2-6(7(9)12)1-5-3-10-11-4-5/h1,3-4H,(H2,9,12)(H,10,11)/b6-1+. The molecule has 1 aromatic rings. The van der Waals surface area contributed by atoms with Crippen LogP contribution in [0.3, 0.4) is 0 Å². The Morgan fingerprint density at radius 1 is 1.83 bits per heavy atom. The Kier molecular flexibility index (Phi) is 2.23. The van der Waals surface area contributed by atoms with Gasteiger partial charge in [0.05, 0.1) is 6.20 Å². The molecule has 0 spiro atoms. The second kappa shape index (κ2) is 3.34. The molecular formula is C7H6N4O. The van der Waals surface area contributed by atoms with E-state index in [1.54, 1.807) is 12.3 Å². The monoisotopic (exact) mass is 162 g/mol. The number of nitrogens with one attached hydrogen (secondary N) is 1. The first kappa shape index (κ1) is 8.01. The van der Waals surface area contributed by atoms with Gasteiger partial charge in [-0.1, -0.05) is 0 Å². The SMILES string of the molecule is N#C/C(=C\c1cn[nH]c1)C(N)=O. The zero-order chi connectivity index (χ0) is 8.97. The number of aromatic nitrogens is 2. The number of aromatic amines is 1. The highest BCUT2D eigenvalue weighted by Crippen LogP contribution is 2.02. The Balaban J connectivity index is 2.95. The highest BCUT2D eigenvalue weighted by Gasteiger charge is 2.02. The fraction of sp³-hybridized carbons (Fsp3) is 0. The first-order valence-electron chi connectivity index (χ1n) is 3.14. The van der Waals surface area contributed by atoms with Crippen LogP contribution in [0.4, 0.5) is 0 Å². The van der Waals surface area contributed by atoms with Crippen molar-refractivity contribution >= 4 is 12.0 Å². The summed E-state index contributed by atoms with van der Waals surface area (Å²) in [6, 6.07) is 1.68. The van der Waals surface area contributed by atoms with Gasteiger partial charge in [0, 0.05) is 11.8 Å². The number of carbonyl (C=O) groups excluding carboxylic acids is 1. The minimum absolute atomic E-state index is 0.0867. The van der Waals surface area contributed by atoms with Gasteiger partial charge < -0.3 is 5.73 Å². The van der Waals surface area contributed by atoms with E-state index in [4.69, 9.17) is 11.0 Å². The first-order valence-corrected chi connectivity index (χ1v) is 3.14. The third-order valence-electron chi connectivity index (χ3n) is 1.22. The first-order chi connectivity index (χ1) is 5.74. The van der Waals surface area contributed by atoms with Gasteiger partial charge in [-0.25, -0.2) is 0 Å². The maximum absolute atomic E-state index is 10.6. The van der Waals surface area contributed by atoms with Crippen LogP contribution >= 0.6 is 0 Å². The molecule has 0 aromatic carbocycles. The molecule has 0 aliphatic rings. The predicted octanol–water partition coefficient (Wildman–Crippen LogP) is -0.198. The molecule has 1 aromatic heterocycles. The maximum Gasteiger partial charge on any atom is 0.259 e. The summed E-state index contributed by atoms with van der Waals surface area (Å²) in [6.07, 6.45) is 4.41. The fourth-order valence-electron chi connectivity index (χ4n) is 0.665. The fourth-order valence-corrected chi connectivity index (χ4v) is 0.665. The lowest BCUT2D eigenvalue weighted by Crippen LogP contribution is -2.12. The van der Waals surface area contributed by atoms with Gasteiger partial charge in [0.15, 0.2) is 0 Å². The van der Waals surface area contributed by atoms with Crippen LogP contribution in [0.2, 0.25) is 0 Å². The van der Waals surface area contributed by atoms with Crippen molar-refractivity contribution in [1.82, 2.24) is 10.2 Å². The minimum Gasteiger partial charge on any atom is -0.365 e. The van der Waals surface area contributed by atoms with E-state index in [1.807, 2.05) is 0 Å². The third-order valence-corrected chi connectivity index (χ3v) is 1.22. The van der Waals surface area contributed by atoms with Gasteiger partial charge in [-0.3, -0.25) is 9.89 Å². The molecule has 0 aliphatic heterocycles. The average Bonchev–Trinajstić information content (AvgIpc) is 2.51. The molecule has 0 saturated heterocycles. The van der Waals surface area contributed by atoms with E-state index in [1.165, 1.54) is 12.3 Å². The number of nitriles is 1. The molecular weight excluding hydrogens is 156 g/mol. The number of amides is 1. The number of nitrogens with zero attached hydrogens (tertiary/aromatic N) is 2. The van der Waals surface area contributed by atoms with E-state index < -0.39 is 5.91 Å². The summed E-state index contributed by atoms with van der Waals surface area (Å²) in [5.74, 6) is -0.737. The summed E-state index contributed by atoms with van der Waals surface area (Å²) in [7, 11) is 0. The summed E-state index contributed by atoms with van der Waals surface area (Å²) in [6.45, 7) is 0. The van der Waals surface area contributed by atoms with E-state index in [-0.39, 0.29) is 5.57 Å². The van der Waals surface area contributed by atoms with E-state index in [0.717, 1.165) is 0 Å². The van der Waals surface area contributed by atoms with Crippen LogP contribution in [0, 0.1) is 11.3 Å². The van der Waals surface area contributed by atoms with Gasteiger partial charge >= 0.3 is 0 Å². The maximum atomic E-state index is 10.6. The van der Waals surface area contributed by atoms with Gasteiger partial charge in [-0.2, -0.15) is 10.4 Å². The summed E-state index contributed by atoms with van der Waals surface area (Å²) >= 11 is 0. The van der Waals surface area contributed by atoms with E-state index >= 15 is 0 Å². The lowest BCUT2D eigenvalue weighted by molar-refractivity contribution is -0.114. The number of carbonyl (C=O) groups is 1. The lowest BCUT2D eigenvalue weighted by Gasteiger charge is -1.87. The van der Waals surface area contributed by atoms with Crippen LogP contribution in [0.25, 0.3) is 6.08 Å². The summed E-state index contributed by atoms with van der Waals surface area (Å²) in [4.78, 5) is 10.6. The molecule has 60 valence electrons. The van der Waals surface area contributed by atoms with Crippen LogP contribution in [-0.2, 0) is 4.79 Å². The topological polar surface area (TPSA) is 95.6 Å². The van der Waals surface area contributed by atoms with Crippen LogP contribution < -0.4 is 5.73 Å². The molecule has 12 heavy (non-hydrogen) atoms. The molecule has 1 amide bonds. The molecule has 1 rings (SSSR count). The number of nitrogens with two attached hydrogens (primary N) is 1. The number of hydrogen-bond donors (Lipinski definition) is 2. The van der Waals surface area contributed by atoms with E-state index in [0.29, 0.717) is 5.56 Å². The quantitative estimate of drug-likeness (QED) is 0.465. The number of hydrogen-bond acceptors (Lipinski definition) is 3. The molecule has 0 atom stereocenters. The highest BCUT2D eigenvalue weighted by molar-refractivity contribution is 6.00. The molecule has 5 nitrogen and oxygen atoms in total. The second-order valence-corrected chi connectivity index (χ2v) is 2.07. The Hall–Kier alpha value is -2.09. The molecule has 0 saturated carbocycles. The van der Waals surface area contributed by atoms with Crippen molar-refractivity contribution in [3.8, 4) is 6.07 Å². The van der Waals surface area contributed by atoms with Crippen molar-refractivity contribution in [2.24, 2.45) is 5.73 Å². The lowest BCUT2D eigenvalue weighted by atomic mass is 10.2. The molecule has 3 N–H and O–H groups in total. The van der Waals surface area contributed by atoms with E-state index in [9.17, 15) is 4.79 Å².